The number of rotatable bonds is 6. The molecule has 4 rings (SSSR count). The van der Waals surface area contributed by atoms with E-state index in [4.69, 9.17) is 19.2 Å². The third-order valence-electron chi connectivity index (χ3n) is 6.36. The van der Waals surface area contributed by atoms with E-state index in [9.17, 15) is 14.4 Å². The molecule has 0 aromatic carbocycles. The van der Waals surface area contributed by atoms with Crippen LogP contribution in [0.15, 0.2) is 23.1 Å². The maximum atomic E-state index is 14.1. The van der Waals surface area contributed by atoms with E-state index in [0.717, 1.165) is 11.3 Å². The van der Waals surface area contributed by atoms with Crippen molar-refractivity contribution in [3.8, 4) is 16.5 Å². The first-order valence-electron chi connectivity index (χ1n) is 13.7. The summed E-state index contributed by atoms with van der Waals surface area (Å²) in [4.78, 5) is 53.0. The third kappa shape index (κ3) is 6.98. The predicted octanol–water partition coefficient (Wildman–Crippen LogP) is 4.49. The van der Waals surface area contributed by atoms with Crippen LogP contribution in [-0.2, 0) is 27.2 Å². The highest BCUT2D eigenvalue weighted by Gasteiger charge is 2.31. The normalized spacial score (nSPS) is 14.3. The minimum Gasteiger partial charge on any atom is -0.481 e. The van der Waals surface area contributed by atoms with E-state index < -0.39 is 17.2 Å². The molecule has 0 spiro atoms. The standard InChI is InChI=1S/C29H39N5O6S/c1-9-19-23(32-12-14-33(15-13-32)27(37)40-29(5,6)7)24(36)22-26(34(19)17-21(35)39-28(2,3)4)41-25(31-22)18-10-11-30-20(16-18)38-8/h10-11,16H,9,12-15,17H2,1-8H3. The maximum absolute atomic E-state index is 14.1. The molecule has 41 heavy (non-hydrogen) atoms. The molecule has 3 aromatic heterocycles. The van der Waals surface area contributed by atoms with Crippen LogP contribution >= 0.6 is 11.3 Å². The molecule has 1 amide bonds. The van der Waals surface area contributed by atoms with Crippen LogP contribution in [0.4, 0.5) is 10.5 Å². The fraction of sp³-hybridized carbons (Fsp3) is 0.552. The number of pyridine rings is 2. The zero-order valence-corrected chi connectivity index (χ0v) is 25.9. The Morgan fingerprint density at radius 2 is 1.68 bits per heavy atom. The van der Waals surface area contributed by atoms with Crippen LogP contribution < -0.4 is 15.1 Å². The molecule has 0 bridgehead atoms. The van der Waals surface area contributed by atoms with Gasteiger partial charge in [0, 0.05) is 49.7 Å². The van der Waals surface area contributed by atoms with Crippen molar-refractivity contribution in [2.24, 2.45) is 0 Å². The van der Waals surface area contributed by atoms with Crippen LogP contribution in [0.3, 0.4) is 0 Å². The second-order valence-electron chi connectivity index (χ2n) is 11.9. The second kappa shape index (κ2) is 11.7. The molecule has 0 atom stereocenters. The molecule has 3 aromatic rings. The molecule has 0 aliphatic carbocycles. The SMILES string of the molecule is CCc1c(N2CCN(C(=O)OC(C)(C)C)CC2)c(=O)c2nc(-c3ccnc(OC)c3)sc2n1CC(=O)OC(C)(C)C. The minimum absolute atomic E-state index is 0.0661. The van der Waals surface area contributed by atoms with Gasteiger partial charge < -0.3 is 28.6 Å². The van der Waals surface area contributed by atoms with Gasteiger partial charge in [0.05, 0.1) is 7.11 Å². The lowest BCUT2D eigenvalue weighted by Crippen LogP contribution is -2.51. The summed E-state index contributed by atoms with van der Waals surface area (Å²) in [7, 11) is 1.54. The summed E-state index contributed by atoms with van der Waals surface area (Å²) in [6.45, 7) is 14.6. The van der Waals surface area contributed by atoms with E-state index in [1.54, 1.807) is 23.2 Å². The van der Waals surface area contributed by atoms with Crippen LogP contribution in [0.2, 0.25) is 0 Å². The van der Waals surface area contributed by atoms with Gasteiger partial charge in [-0.25, -0.2) is 14.8 Å². The number of esters is 1. The van der Waals surface area contributed by atoms with Gasteiger partial charge in [-0.15, -0.1) is 0 Å². The number of carbonyl (C=O) groups is 2. The van der Waals surface area contributed by atoms with Crippen molar-refractivity contribution in [3.05, 3.63) is 34.2 Å². The van der Waals surface area contributed by atoms with Crippen LogP contribution in [0.5, 0.6) is 5.88 Å². The quantitative estimate of drug-likeness (QED) is 0.386. The lowest BCUT2D eigenvalue weighted by atomic mass is 10.1. The highest BCUT2D eigenvalue weighted by molar-refractivity contribution is 7.21. The smallest absolute Gasteiger partial charge is 0.410 e. The molecule has 1 aliphatic heterocycles. The van der Waals surface area contributed by atoms with Crippen molar-refractivity contribution < 1.29 is 23.8 Å². The summed E-state index contributed by atoms with van der Waals surface area (Å²) in [5.74, 6) is 0.0295. The van der Waals surface area contributed by atoms with Gasteiger partial charge in [0.2, 0.25) is 11.3 Å². The first-order chi connectivity index (χ1) is 19.2. The Morgan fingerprint density at radius 3 is 2.27 bits per heavy atom. The summed E-state index contributed by atoms with van der Waals surface area (Å²) >= 11 is 1.34. The molecular formula is C29H39N5O6S. The number of aromatic nitrogens is 3. The van der Waals surface area contributed by atoms with Crippen molar-refractivity contribution in [2.75, 3.05) is 38.2 Å². The number of carbonyl (C=O) groups excluding carboxylic acids is 2. The van der Waals surface area contributed by atoms with Crippen LogP contribution in [0.25, 0.3) is 20.9 Å². The Balaban J connectivity index is 1.79. The number of thiazole rings is 1. The molecule has 1 aliphatic rings. The van der Waals surface area contributed by atoms with Crippen molar-refractivity contribution in [1.82, 2.24) is 19.4 Å². The molecule has 12 heteroatoms. The average molecular weight is 586 g/mol. The Morgan fingerprint density at radius 1 is 1.02 bits per heavy atom. The molecule has 1 fully saturated rings. The first-order valence-corrected chi connectivity index (χ1v) is 14.5. The molecule has 0 saturated carbocycles. The van der Waals surface area contributed by atoms with E-state index >= 15 is 0 Å². The van der Waals surface area contributed by atoms with Crippen LogP contribution in [0.1, 0.15) is 54.2 Å². The largest absolute Gasteiger partial charge is 0.481 e. The number of hydrogen-bond acceptors (Lipinski definition) is 10. The number of hydrogen-bond donors (Lipinski definition) is 0. The zero-order valence-electron chi connectivity index (χ0n) is 25.1. The molecular weight excluding hydrogens is 546 g/mol. The number of amides is 1. The van der Waals surface area contributed by atoms with Crippen molar-refractivity contribution >= 4 is 39.4 Å². The first kappa shape index (κ1) is 30.3. The molecule has 222 valence electrons. The maximum Gasteiger partial charge on any atom is 0.410 e. The fourth-order valence-electron chi connectivity index (χ4n) is 4.71. The van der Waals surface area contributed by atoms with Gasteiger partial charge in [0.1, 0.15) is 38.8 Å². The molecule has 1 saturated heterocycles. The topological polar surface area (TPSA) is 116 Å². The van der Waals surface area contributed by atoms with Gasteiger partial charge in [-0.1, -0.05) is 18.3 Å². The Hall–Kier alpha value is -3.67. The fourth-order valence-corrected chi connectivity index (χ4v) is 5.79. The van der Waals surface area contributed by atoms with Crippen molar-refractivity contribution in [2.45, 2.75) is 72.6 Å². The molecule has 0 radical (unpaired) electrons. The van der Waals surface area contributed by atoms with E-state index in [1.165, 1.54) is 18.4 Å². The van der Waals surface area contributed by atoms with E-state index in [1.807, 2.05) is 57.9 Å². The Kier molecular flexibility index (Phi) is 8.62. The predicted molar refractivity (Wildman–Crippen MR) is 159 cm³/mol. The second-order valence-corrected chi connectivity index (χ2v) is 12.8. The Labute approximate surface area is 244 Å². The van der Waals surface area contributed by atoms with E-state index in [0.29, 0.717) is 54.0 Å². The molecule has 11 nitrogen and oxygen atoms in total. The average Bonchev–Trinajstić information content (AvgIpc) is 3.34. The number of anilines is 1. The Bertz CT molecular complexity index is 1490. The number of ether oxygens (including phenoxy) is 3. The molecule has 4 heterocycles. The van der Waals surface area contributed by atoms with Crippen LogP contribution in [-0.4, -0.2) is 76.0 Å². The van der Waals surface area contributed by atoms with Gasteiger partial charge in [-0.2, -0.15) is 0 Å². The van der Waals surface area contributed by atoms with Gasteiger partial charge in [0.25, 0.3) is 0 Å². The molecule has 0 N–H and O–H groups in total. The number of nitrogens with zero attached hydrogens (tertiary/aromatic N) is 5. The summed E-state index contributed by atoms with van der Waals surface area (Å²) in [6, 6.07) is 3.57. The van der Waals surface area contributed by atoms with Crippen molar-refractivity contribution in [3.63, 3.8) is 0 Å². The van der Waals surface area contributed by atoms with Crippen LogP contribution in [0, 0.1) is 0 Å². The van der Waals surface area contributed by atoms with Crippen molar-refractivity contribution in [1.29, 1.82) is 0 Å². The number of methoxy groups -OCH3 is 1. The zero-order chi connectivity index (χ0) is 30.1. The van der Waals surface area contributed by atoms with E-state index in [2.05, 4.69) is 4.98 Å². The van der Waals surface area contributed by atoms with E-state index in [-0.39, 0.29) is 23.6 Å². The van der Waals surface area contributed by atoms with Gasteiger partial charge in [-0.05, 0) is 54.0 Å². The van der Waals surface area contributed by atoms with Gasteiger partial charge >= 0.3 is 12.1 Å². The lowest BCUT2D eigenvalue weighted by molar-refractivity contribution is -0.155. The summed E-state index contributed by atoms with van der Waals surface area (Å²) in [6.07, 6.45) is 1.76. The minimum atomic E-state index is -0.658. The summed E-state index contributed by atoms with van der Waals surface area (Å²) < 4.78 is 18.3. The highest BCUT2D eigenvalue weighted by Crippen LogP contribution is 2.34. The lowest BCUT2D eigenvalue weighted by Gasteiger charge is -2.37. The number of fused-ring (bicyclic) bond motifs is 1. The third-order valence-corrected chi connectivity index (χ3v) is 7.49. The highest BCUT2D eigenvalue weighted by atomic mass is 32.1. The monoisotopic (exact) mass is 585 g/mol. The van der Waals surface area contributed by atoms with Gasteiger partial charge in [0.15, 0.2) is 0 Å². The van der Waals surface area contributed by atoms with Gasteiger partial charge in [-0.3, -0.25) is 9.59 Å². The number of piperazine rings is 1. The summed E-state index contributed by atoms with van der Waals surface area (Å²) in [5.41, 5.74) is 0.808. The molecule has 0 unspecified atom stereocenters. The summed E-state index contributed by atoms with van der Waals surface area (Å²) in [5, 5.41) is 0.615.